The van der Waals surface area contributed by atoms with Gasteiger partial charge >= 0.3 is 0 Å². The summed E-state index contributed by atoms with van der Waals surface area (Å²) < 4.78 is 7.73. The van der Waals surface area contributed by atoms with Gasteiger partial charge in [0.15, 0.2) is 6.10 Å². The third kappa shape index (κ3) is 4.37. The zero-order valence-corrected chi connectivity index (χ0v) is 16.6. The molecule has 0 radical (unpaired) electrons. The number of benzene rings is 1. The molecule has 3 heterocycles. The third-order valence-corrected chi connectivity index (χ3v) is 4.84. The number of fused-ring (bicyclic) bond motifs is 1. The smallest absolute Gasteiger partial charge is 0.261 e. The van der Waals surface area contributed by atoms with Gasteiger partial charge in [-0.2, -0.15) is 0 Å². The van der Waals surface area contributed by atoms with Gasteiger partial charge in [0.25, 0.3) is 5.91 Å². The highest BCUT2D eigenvalue weighted by Crippen LogP contribution is 2.27. The minimum absolute atomic E-state index is 0.0881. The Morgan fingerprint density at radius 1 is 1.24 bits per heavy atom. The van der Waals surface area contributed by atoms with E-state index in [2.05, 4.69) is 25.6 Å². The number of imidazole rings is 1. The number of anilines is 1. The van der Waals surface area contributed by atoms with Crippen molar-refractivity contribution in [3.05, 3.63) is 59.9 Å². The van der Waals surface area contributed by atoms with Crippen molar-refractivity contribution in [2.45, 2.75) is 32.8 Å². The monoisotopic (exact) mass is 392 g/mol. The summed E-state index contributed by atoms with van der Waals surface area (Å²) in [5, 5.41) is 6.18. The number of para-hydroxylation sites is 1. The van der Waals surface area contributed by atoms with Gasteiger partial charge in [-0.15, -0.1) is 0 Å². The minimum atomic E-state index is -0.443. The van der Waals surface area contributed by atoms with Crippen LogP contribution in [0.2, 0.25) is 0 Å². The van der Waals surface area contributed by atoms with Gasteiger partial charge in [0.05, 0.1) is 0 Å². The number of hydrogen-bond donors (Lipinski definition) is 2. The predicted octanol–water partition coefficient (Wildman–Crippen LogP) is 2.20. The molecule has 0 spiro atoms. The van der Waals surface area contributed by atoms with Crippen molar-refractivity contribution in [2.75, 3.05) is 18.4 Å². The SMILES string of the molecule is Cc1nc(NCCNC(=O)[C@@H]2CCc3ccccc3O2)cc(-n2ccnc2C)n1. The molecule has 1 aliphatic rings. The van der Waals surface area contributed by atoms with E-state index >= 15 is 0 Å². The number of ether oxygens (including phenoxy) is 1. The van der Waals surface area contributed by atoms with Crippen molar-refractivity contribution in [3.8, 4) is 11.6 Å². The first-order chi connectivity index (χ1) is 14.1. The van der Waals surface area contributed by atoms with Gasteiger partial charge in [0.1, 0.15) is 29.0 Å². The van der Waals surface area contributed by atoms with E-state index in [1.807, 2.05) is 54.9 Å². The van der Waals surface area contributed by atoms with Gasteiger partial charge < -0.3 is 15.4 Å². The highest BCUT2D eigenvalue weighted by Gasteiger charge is 2.25. The molecule has 2 aromatic heterocycles. The number of aryl methyl sites for hydroxylation is 3. The Labute approximate surface area is 169 Å². The fourth-order valence-electron chi connectivity index (χ4n) is 3.38. The molecule has 3 aromatic rings. The first-order valence-electron chi connectivity index (χ1n) is 9.72. The molecule has 0 saturated carbocycles. The molecule has 8 heteroatoms. The maximum atomic E-state index is 12.4. The molecule has 1 amide bonds. The molecule has 0 fully saturated rings. The van der Waals surface area contributed by atoms with E-state index in [9.17, 15) is 4.79 Å². The molecule has 0 unspecified atom stereocenters. The van der Waals surface area contributed by atoms with Gasteiger partial charge in [-0.3, -0.25) is 9.36 Å². The highest BCUT2D eigenvalue weighted by molar-refractivity contribution is 5.81. The fourth-order valence-corrected chi connectivity index (χ4v) is 3.38. The predicted molar refractivity (Wildman–Crippen MR) is 109 cm³/mol. The summed E-state index contributed by atoms with van der Waals surface area (Å²) in [6.07, 6.45) is 4.70. The second-order valence-corrected chi connectivity index (χ2v) is 6.97. The fraction of sp³-hybridized carbons (Fsp3) is 0.333. The minimum Gasteiger partial charge on any atom is -0.480 e. The van der Waals surface area contributed by atoms with E-state index in [0.29, 0.717) is 31.2 Å². The van der Waals surface area contributed by atoms with Gasteiger partial charge in [0.2, 0.25) is 0 Å². The first kappa shape index (κ1) is 18.9. The van der Waals surface area contributed by atoms with Gasteiger partial charge in [0, 0.05) is 31.5 Å². The van der Waals surface area contributed by atoms with Crippen molar-refractivity contribution in [3.63, 3.8) is 0 Å². The highest BCUT2D eigenvalue weighted by atomic mass is 16.5. The topological polar surface area (TPSA) is 94.0 Å². The van der Waals surface area contributed by atoms with Gasteiger partial charge in [-0.25, -0.2) is 15.0 Å². The van der Waals surface area contributed by atoms with Crippen LogP contribution in [0.25, 0.3) is 5.82 Å². The van der Waals surface area contributed by atoms with E-state index in [1.165, 1.54) is 0 Å². The molecule has 1 atom stereocenters. The number of carbonyl (C=O) groups is 1. The van der Waals surface area contributed by atoms with Crippen LogP contribution in [0.5, 0.6) is 5.75 Å². The standard InChI is InChI=1S/C21H24N6O2/c1-14-25-19(13-20(26-14)27-12-11-22-15(27)2)23-9-10-24-21(28)18-8-7-16-5-3-4-6-17(16)29-18/h3-6,11-13,18H,7-10H2,1-2H3,(H,24,28)(H,23,25,26)/t18-/m0/s1. The van der Waals surface area contributed by atoms with Crippen LogP contribution < -0.4 is 15.4 Å². The number of amides is 1. The van der Waals surface area contributed by atoms with Gasteiger partial charge in [-0.05, 0) is 38.3 Å². The van der Waals surface area contributed by atoms with Crippen molar-refractivity contribution < 1.29 is 9.53 Å². The van der Waals surface area contributed by atoms with Crippen LogP contribution in [0.4, 0.5) is 5.82 Å². The molecule has 4 rings (SSSR count). The van der Waals surface area contributed by atoms with Crippen LogP contribution >= 0.6 is 0 Å². The van der Waals surface area contributed by atoms with E-state index in [-0.39, 0.29) is 5.91 Å². The van der Waals surface area contributed by atoms with Crippen LogP contribution in [-0.4, -0.2) is 44.6 Å². The van der Waals surface area contributed by atoms with Crippen molar-refractivity contribution >= 4 is 11.7 Å². The zero-order chi connectivity index (χ0) is 20.2. The Kier molecular flexibility index (Phi) is 5.41. The van der Waals surface area contributed by atoms with E-state index < -0.39 is 6.10 Å². The lowest BCUT2D eigenvalue weighted by atomic mass is 10.0. The van der Waals surface area contributed by atoms with Crippen LogP contribution in [0.15, 0.2) is 42.7 Å². The molecule has 8 nitrogen and oxygen atoms in total. The number of rotatable bonds is 6. The summed E-state index contributed by atoms with van der Waals surface area (Å²) in [4.78, 5) is 25.5. The summed E-state index contributed by atoms with van der Waals surface area (Å²) in [5.74, 6) is 3.70. The summed E-state index contributed by atoms with van der Waals surface area (Å²) >= 11 is 0. The number of aromatic nitrogens is 4. The Balaban J connectivity index is 1.29. The Morgan fingerprint density at radius 3 is 2.93 bits per heavy atom. The number of carbonyl (C=O) groups excluding carboxylic acids is 1. The third-order valence-electron chi connectivity index (χ3n) is 4.84. The van der Waals surface area contributed by atoms with Crippen molar-refractivity contribution in [2.24, 2.45) is 0 Å². The Hall–Kier alpha value is -3.42. The average Bonchev–Trinajstić information content (AvgIpc) is 3.16. The molecule has 150 valence electrons. The van der Waals surface area contributed by atoms with E-state index in [4.69, 9.17) is 4.74 Å². The Morgan fingerprint density at radius 2 is 2.10 bits per heavy atom. The number of nitrogens with one attached hydrogen (secondary N) is 2. The van der Waals surface area contributed by atoms with Crippen LogP contribution in [0.3, 0.4) is 0 Å². The molecule has 1 aromatic carbocycles. The average molecular weight is 392 g/mol. The van der Waals surface area contributed by atoms with Crippen LogP contribution in [0, 0.1) is 13.8 Å². The molecule has 0 saturated heterocycles. The van der Waals surface area contributed by atoms with Crippen molar-refractivity contribution in [1.29, 1.82) is 0 Å². The quantitative estimate of drug-likeness (QED) is 0.625. The van der Waals surface area contributed by atoms with Crippen LogP contribution in [0.1, 0.15) is 23.6 Å². The summed E-state index contributed by atoms with van der Waals surface area (Å²) in [6, 6.07) is 9.73. The first-order valence-corrected chi connectivity index (χ1v) is 9.72. The summed E-state index contributed by atoms with van der Waals surface area (Å²) in [6.45, 7) is 4.80. The maximum Gasteiger partial charge on any atom is 0.261 e. The van der Waals surface area contributed by atoms with Crippen molar-refractivity contribution in [1.82, 2.24) is 24.8 Å². The summed E-state index contributed by atoms with van der Waals surface area (Å²) in [7, 11) is 0. The molecule has 0 aliphatic carbocycles. The molecule has 29 heavy (non-hydrogen) atoms. The second-order valence-electron chi connectivity index (χ2n) is 6.97. The molecule has 2 N–H and O–H groups in total. The lowest BCUT2D eigenvalue weighted by molar-refractivity contribution is -0.128. The summed E-state index contributed by atoms with van der Waals surface area (Å²) in [5.41, 5.74) is 1.15. The van der Waals surface area contributed by atoms with Gasteiger partial charge in [-0.1, -0.05) is 18.2 Å². The van der Waals surface area contributed by atoms with E-state index in [0.717, 1.165) is 29.4 Å². The maximum absolute atomic E-state index is 12.4. The molecular formula is C21H24N6O2. The lowest BCUT2D eigenvalue weighted by Crippen LogP contribution is -2.42. The molecule has 0 bridgehead atoms. The lowest BCUT2D eigenvalue weighted by Gasteiger charge is -2.25. The second kappa shape index (κ2) is 8.30. The molecule has 1 aliphatic heterocycles. The molecular weight excluding hydrogens is 368 g/mol. The van der Waals surface area contributed by atoms with Crippen LogP contribution in [-0.2, 0) is 11.2 Å². The zero-order valence-electron chi connectivity index (χ0n) is 16.6. The number of nitrogens with zero attached hydrogens (tertiary/aromatic N) is 4. The Bertz CT molecular complexity index is 1020. The largest absolute Gasteiger partial charge is 0.480 e. The number of hydrogen-bond acceptors (Lipinski definition) is 6. The van der Waals surface area contributed by atoms with E-state index in [1.54, 1.807) is 6.20 Å². The normalized spacial score (nSPS) is 15.3.